The first-order valence-electron chi connectivity index (χ1n) is 15.1. The normalized spacial score (nSPS) is 9.80. The molecule has 0 atom stereocenters. The van der Waals surface area contributed by atoms with Gasteiger partial charge in [-0.1, -0.05) is 142 Å². The maximum Gasteiger partial charge on any atom is 0.0669 e. The van der Waals surface area contributed by atoms with Gasteiger partial charge in [-0.15, -0.1) is 0 Å². The Morgan fingerprint density at radius 3 is 1.25 bits per heavy atom. The highest BCUT2D eigenvalue weighted by atomic mass is 15.0. The first kappa shape index (κ1) is 39.2. The molecule has 3 nitrogen and oxygen atoms in total. The van der Waals surface area contributed by atoms with Gasteiger partial charge in [0.2, 0.25) is 0 Å². The van der Waals surface area contributed by atoms with Gasteiger partial charge in [-0.25, -0.2) is 0 Å². The molecule has 0 aliphatic carbocycles. The Hall–Kier alpha value is -2.93. The smallest absolute Gasteiger partial charge is 0.0669 e. The van der Waals surface area contributed by atoms with Crippen LogP contribution < -0.4 is 5.73 Å². The summed E-state index contributed by atoms with van der Waals surface area (Å²) < 4.78 is 0. The molecule has 0 saturated carbocycles. The van der Waals surface area contributed by atoms with Crippen LogP contribution in [-0.2, 0) is 19.5 Å². The highest BCUT2D eigenvalue weighted by Crippen LogP contribution is 2.20. The Kier molecular flexibility index (Phi) is 23.4. The zero-order chi connectivity index (χ0) is 31.1. The molecule has 0 unspecified atom stereocenters. The minimum Gasteiger partial charge on any atom is -0.326 e. The van der Waals surface area contributed by atoms with E-state index in [0.29, 0.717) is 30.7 Å². The Balaban J connectivity index is 0. The van der Waals surface area contributed by atoms with E-state index in [2.05, 4.69) is 115 Å². The van der Waals surface area contributed by atoms with Gasteiger partial charge in [-0.05, 0) is 65.2 Å². The predicted molar refractivity (Wildman–Crippen MR) is 179 cm³/mol. The van der Waals surface area contributed by atoms with E-state index < -0.39 is 0 Å². The quantitative estimate of drug-likeness (QED) is 0.321. The molecule has 0 heterocycles. The van der Waals surface area contributed by atoms with Gasteiger partial charge in [-0.3, -0.25) is 0 Å². The Bertz CT molecular complexity index is 1060. The number of benzene rings is 3. The lowest BCUT2D eigenvalue weighted by Gasteiger charge is -2.16. The number of hydrogen-bond acceptors (Lipinski definition) is 3. The fourth-order valence-corrected chi connectivity index (χ4v) is 4.21. The SMILES string of the molecule is CC.CC.CC(C)c1ccccc1CC#N.CC(C)c1ccccc1CN.CC(C)c1ccccc1CN(C)C. The van der Waals surface area contributed by atoms with Crippen molar-refractivity contribution >= 4 is 0 Å². The lowest BCUT2D eigenvalue weighted by molar-refractivity contribution is 0.400. The standard InChI is InChI=1S/C12H19N.C11H13N.C10H15N.2C2H6/c1-10(2)12-8-6-5-7-11(12)9-13(3)4;1-9(2)11-6-4-3-5-10(11)7-8-12;1-8(2)10-6-4-3-5-9(10)7-11;2*1-2/h5-8,10H,9H2,1-4H3;3-6,9H,7H2,1-2H3;3-6,8H,7,11H2,1-2H3;2*1-2H3. The van der Waals surface area contributed by atoms with Crippen molar-refractivity contribution in [1.29, 1.82) is 5.26 Å². The van der Waals surface area contributed by atoms with E-state index in [1.54, 1.807) is 0 Å². The second-order valence-corrected chi connectivity index (χ2v) is 10.3. The first-order valence-corrected chi connectivity index (χ1v) is 15.1. The van der Waals surface area contributed by atoms with Crippen molar-refractivity contribution in [3.8, 4) is 6.07 Å². The Labute approximate surface area is 248 Å². The molecule has 0 saturated heterocycles. The maximum atomic E-state index is 8.58. The largest absolute Gasteiger partial charge is 0.326 e. The van der Waals surface area contributed by atoms with Crippen molar-refractivity contribution in [3.63, 3.8) is 0 Å². The topological polar surface area (TPSA) is 53.1 Å². The van der Waals surface area contributed by atoms with Gasteiger partial charge in [0.25, 0.3) is 0 Å². The average Bonchev–Trinajstić information content (AvgIpc) is 2.96. The van der Waals surface area contributed by atoms with Crippen LogP contribution in [0.4, 0.5) is 0 Å². The van der Waals surface area contributed by atoms with Gasteiger partial charge in [0.15, 0.2) is 0 Å². The molecule has 3 rings (SSSR count). The zero-order valence-corrected chi connectivity index (χ0v) is 27.8. The molecule has 0 fully saturated rings. The summed E-state index contributed by atoms with van der Waals surface area (Å²) in [5, 5.41) is 8.58. The zero-order valence-electron chi connectivity index (χ0n) is 27.8. The van der Waals surface area contributed by atoms with Crippen molar-refractivity contribution in [2.45, 2.75) is 107 Å². The summed E-state index contributed by atoms with van der Waals surface area (Å²) in [6, 6.07) is 27.3. The molecule has 0 aliphatic rings. The summed E-state index contributed by atoms with van der Waals surface area (Å²) in [4.78, 5) is 2.21. The number of hydrogen-bond donors (Lipinski definition) is 1. The second kappa shape index (κ2) is 23.9. The molecule has 3 aromatic rings. The van der Waals surface area contributed by atoms with Crippen LogP contribution in [0, 0.1) is 11.3 Å². The average molecular weight is 546 g/mol. The molecular weight excluding hydrogens is 486 g/mol. The molecule has 3 aromatic carbocycles. The summed E-state index contributed by atoms with van der Waals surface area (Å²) in [6.45, 7) is 22.8. The lowest BCUT2D eigenvalue weighted by atomic mass is 9.96. The highest BCUT2D eigenvalue weighted by Gasteiger charge is 2.06. The van der Waals surface area contributed by atoms with E-state index in [9.17, 15) is 0 Å². The van der Waals surface area contributed by atoms with Crippen LogP contribution in [-0.4, -0.2) is 19.0 Å². The minimum atomic E-state index is 0.509. The lowest BCUT2D eigenvalue weighted by Crippen LogP contribution is -2.12. The number of rotatable bonds is 7. The van der Waals surface area contributed by atoms with Crippen LogP contribution in [0.2, 0.25) is 0 Å². The Morgan fingerprint density at radius 2 is 0.925 bits per heavy atom. The molecule has 0 spiro atoms. The molecule has 2 N–H and O–H groups in total. The van der Waals surface area contributed by atoms with Crippen LogP contribution in [0.3, 0.4) is 0 Å². The number of nitrogens with two attached hydrogens (primary N) is 1. The third-order valence-electron chi connectivity index (χ3n) is 6.01. The van der Waals surface area contributed by atoms with E-state index in [1.807, 2.05) is 52.0 Å². The number of nitrogens with zero attached hydrogens (tertiary/aromatic N) is 2. The fourth-order valence-electron chi connectivity index (χ4n) is 4.21. The van der Waals surface area contributed by atoms with Crippen LogP contribution in [0.5, 0.6) is 0 Å². The molecule has 222 valence electrons. The fraction of sp³-hybridized carbons (Fsp3) is 0.486. The number of nitriles is 1. The Morgan fingerprint density at radius 1 is 0.600 bits per heavy atom. The molecule has 0 radical (unpaired) electrons. The van der Waals surface area contributed by atoms with E-state index in [1.165, 1.54) is 27.8 Å². The van der Waals surface area contributed by atoms with Crippen molar-refractivity contribution in [2.75, 3.05) is 14.1 Å². The van der Waals surface area contributed by atoms with E-state index in [0.717, 1.165) is 12.1 Å². The minimum absolute atomic E-state index is 0.509. The summed E-state index contributed by atoms with van der Waals surface area (Å²) in [7, 11) is 4.22. The van der Waals surface area contributed by atoms with Crippen LogP contribution in [0.15, 0.2) is 72.8 Å². The van der Waals surface area contributed by atoms with Gasteiger partial charge in [0, 0.05) is 13.1 Å². The van der Waals surface area contributed by atoms with Crippen LogP contribution in [0.25, 0.3) is 0 Å². The predicted octanol–water partition coefficient (Wildman–Crippen LogP) is 10.1. The molecule has 3 heteroatoms. The monoisotopic (exact) mass is 545 g/mol. The molecule has 0 amide bonds. The van der Waals surface area contributed by atoms with Gasteiger partial charge >= 0.3 is 0 Å². The van der Waals surface area contributed by atoms with Gasteiger partial charge in [-0.2, -0.15) is 5.26 Å². The molecule has 0 bridgehead atoms. The van der Waals surface area contributed by atoms with Crippen molar-refractivity contribution < 1.29 is 0 Å². The second-order valence-electron chi connectivity index (χ2n) is 10.3. The van der Waals surface area contributed by atoms with E-state index >= 15 is 0 Å². The van der Waals surface area contributed by atoms with E-state index in [4.69, 9.17) is 11.0 Å². The van der Waals surface area contributed by atoms with E-state index in [-0.39, 0.29) is 0 Å². The first-order chi connectivity index (χ1) is 19.1. The van der Waals surface area contributed by atoms with Crippen molar-refractivity contribution in [3.05, 3.63) is 106 Å². The molecule has 40 heavy (non-hydrogen) atoms. The molecular formula is C37H59N3. The van der Waals surface area contributed by atoms with Crippen LogP contribution in [0.1, 0.15) is 120 Å². The van der Waals surface area contributed by atoms with Gasteiger partial charge in [0.05, 0.1) is 12.5 Å². The third kappa shape index (κ3) is 15.6. The highest BCUT2D eigenvalue weighted by molar-refractivity contribution is 5.32. The van der Waals surface area contributed by atoms with Gasteiger partial charge < -0.3 is 10.6 Å². The summed E-state index contributed by atoms with van der Waals surface area (Å²) in [6.07, 6.45) is 0.522. The molecule has 0 aromatic heterocycles. The van der Waals surface area contributed by atoms with Crippen molar-refractivity contribution in [1.82, 2.24) is 4.90 Å². The summed E-state index contributed by atoms with van der Waals surface area (Å²) in [5.41, 5.74) is 13.6. The van der Waals surface area contributed by atoms with Crippen molar-refractivity contribution in [2.24, 2.45) is 5.73 Å². The summed E-state index contributed by atoms with van der Waals surface area (Å²) in [5.74, 6) is 1.71. The maximum absolute atomic E-state index is 8.58. The van der Waals surface area contributed by atoms with Crippen LogP contribution >= 0.6 is 0 Å². The third-order valence-corrected chi connectivity index (χ3v) is 6.01. The summed E-state index contributed by atoms with van der Waals surface area (Å²) >= 11 is 0. The molecule has 0 aliphatic heterocycles. The van der Waals surface area contributed by atoms with Gasteiger partial charge in [0.1, 0.15) is 0 Å².